The molecule has 0 spiro atoms. The van der Waals surface area contributed by atoms with Gasteiger partial charge in [0.05, 0.1) is 4.88 Å². The highest BCUT2D eigenvalue weighted by molar-refractivity contribution is 7.14. The molecule has 2 heterocycles. The van der Waals surface area contributed by atoms with Gasteiger partial charge in [-0.2, -0.15) is 0 Å². The number of rotatable bonds is 4. The molecule has 5 nitrogen and oxygen atoms in total. The Hall–Kier alpha value is -1.40. The van der Waals surface area contributed by atoms with Crippen LogP contribution >= 0.6 is 11.3 Å². The van der Waals surface area contributed by atoms with Gasteiger partial charge in [-0.25, -0.2) is 0 Å². The zero-order valence-electron chi connectivity index (χ0n) is 12.5. The van der Waals surface area contributed by atoms with E-state index in [-0.39, 0.29) is 18.5 Å². The third-order valence-electron chi connectivity index (χ3n) is 4.41. The molecular formula is C16H21NO4S. The summed E-state index contributed by atoms with van der Waals surface area (Å²) in [6, 6.07) is 1.95. The fourth-order valence-electron chi connectivity index (χ4n) is 3.25. The number of aryl methyl sites for hydroxylation is 2. The number of carbonyl (C=O) groups is 2. The van der Waals surface area contributed by atoms with Crippen molar-refractivity contribution in [2.24, 2.45) is 0 Å². The van der Waals surface area contributed by atoms with Gasteiger partial charge in [0.2, 0.25) is 0 Å². The summed E-state index contributed by atoms with van der Waals surface area (Å²) in [5.74, 6) is -1.09. The molecule has 1 amide bonds. The number of hydrogen-bond donors (Lipinski definition) is 1. The van der Waals surface area contributed by atoms with Gasteiger partial charge in [-0.15, -0.1) is 11.3 Å². The fourth-order valence-corrected chi connectivity index (χ4v) is 4.46. The minimum atomic E-state index is -0.957. The monoisotopic (exact) mass is 323 g/mol. The van der Waals surface area contributed by atoms with E-state index in [0.29, 0.717) is 30.9 Å². The van der Waals surface area contributed by atoms with Crippen molar-refractivity contribution in [2.45, 2.75) is 44.6 Å². The first-order valence-corrected chi connectivity index (χ1v) is 8.69. The highest BCUT2D eigenvalue weighted by atomic mass is 32.1. The van der Waals surface area contributed by atoms with Gasteiger partial charge >= 0.3 is 5.97 Å². The van der Waals surface area contributed by atoms with Crippen LogP contribution in [0.1, 0.15) is 45.8 Å². The molecule has 22 heavy (non-hydrogen) atoms. The summed E-state index contributed by atoms with van der Waals surface area (Å²) >= 11 is 1.55. The molecule has 120 valence electrons. The summed E-state index contributed by atoms with van der Waals surface area (Å²) in [6.45, 7) is 0.954. The Morgan fingerprint density at radius 3 is 2.68 bits per heavy atom. The summed E-state index contributed by atoms with van der Waals surface area (Å²) in [7, 11) is 0. The van der Waals surface area contributed by atoms with Crippen LogP contribution in [0.4, 0.5) is 0 Å². The standard InChI is InChI=1S/C16H21NO4S/c18-15(19)10-17(12-5-7-21-8-6-12)16(20)14-9-11-3-1-2-4-13(11)22-14/h9,12H,1-8,10H2,(H,18,19). The lowest BCUT2D eigenvalue weighted by molar-refractivity contribution is -0.138. The lowest BCUT2D eigenvalue weighted by Gasteiger charge is -2.32. The quantitative estimate of drug-likeness (QED) is 0.923. The van der Waals surface area contributed by atoms with Crippen molar-refractivity contribution in [1.29, 1.82) is 0 Å². The molecule has 0 unspecified atom stereocenters. The van der Waals surface area contributed by atoms with E-state index in [0.717, 1.165) is 12.8 Å². The number of carbonyl (C=O) groups excluding carboxylic acids is 1. The Bertz CT molecular complexity index is 539. The maximum Gasteiger partial charge on any atom is 0.323 e. The molecule has 2 aliphatic rings. The minimum absolute atomic E-state index is 0.0310. The number of aliphatic carboxylic acids is 1. The molecule has 0 bridgehead atoms. The van der Waals surface area contributed by atoms with Gasteiger partial charge in [0.15, 0.2) is 0 Å². The van der Waals surface area contributed by atoms with Gasteiger partial charge in [0.25, 0.3) is 5.91 Å². The first kappa shape index (κ1) is 15.5. The van der Waals surface area contributed by atoms with E-state index in [1.165, 1.54) is 28.2 Å². The van der Waals surface area contributed by atoms with Crippen LogP contribution < -0.4 is 0 Å². The van der Waals surface area contributed by atoms with Crippen molar-refractivity contribution >= 4 is 23.2 Å². The summed E-state index contributed by atoms with van der Waals surface area (Å²) < 4.78 is 5.32. The first-order chi connectivity index (χ1) is 10.6. The SMILES string of the molecule is O=C(O)CN(C(=O)c1cc2c(s1)CCCC2)C1CCOCC1. The van der Waals surface area contributed by atoms with E-state index < -0.39 is 5.97 Å². The van der Waals surface area contributed by atoms with Crippen molar-refractivity contribution < 1.29 is 19.4 Å². The van der Waals surface area contributed by atoms with Crippen LogP contribution in [0.15, 0.2) is 6.07 Å². The van der Waals surface area contributed by atoms with Crippen LogP contribution in [0.25, 0.3) is 0 Å². The second-order valence-corrected chi connectivity index (χ2v) is 7.07. The van der Waals surface area contributed by atoms with Gasteiger partial charge < -0.3 is 14.7 Å². The minimum Gasteiger partial charge on any atom is -0.480 e. The van der Waals surface area contributed by atoms with Gasteiger partial charge in [-0.05, 0) is 50.2 Å². The van der Waals surface area contributed by atoms with Crippen LogP contribution in [0, 0.1) is 0 Å². The largest absolute Gasteiger partial charge is 0.480 e. The first-order valence-electron chi connectivity index (χ1n) is 7.87. The maximum absolute atomic E-state index is 12.8. The molecule has 6 heteroatoms. The fraction of sp³-hybridized carbons (Fsp3) is 0.625. The van der Waals surface area contributed by atoms with Crippen LogP contribution in [0.5, 0.6) is 0 Å². The summed E-state index contributed by atoms with van der Waals surface area (Å²) in [4.78, 5) is 27.5. The molecule has 1 fully saturated rings. The van der Waals surface area contributed by atoms with E-state index in [1.54, 1.807) is 11.3 Å². The number of fused-ring (bicyclic) bond motifs is 1. The Morgan fingerprint density at radius 2 is 2.00 bits per heavy atom. The molecule has 1 aromatic rings. The molecule has 0 aromatic carbocycles. The van der Waals surface area contributed by atoms with E-state index in [4.69, 9.17) is 9.84 Å². The lowest BCUT2D eigenvalue weighted by atomic mass is 9.99. The van der Waals surface area contributed by atoms with Gasteiger partial charge in [0, 0.05) is 24.1 Å². The van der Waals surface area contributed by atoms with Crippen molar-refractivity contribution in [3.05, 3.63) is 21.4 Å². The molecular weight excluding hydrogens is 302 g/mol. The number of amides is 1. The number of hydrogen-bond acceptors (Lipinski definition) is 4. The second-order valence-electron chi connectivity index (χ2n) is 5.94. The Labute approximate surface area is 133 Å². The molecule has 1 aromatic heterocycles. The van der Waals surface area contributed by atoms with Crippen LogP contribution in [0.2, 0.25) is 0 Å². The van der Waals surface area contributed by atoms with Crippen molar-refractivity contribution in [2.75, 3.05) is 19.8 Å². The Balaban J connectivity index is 1.81. The normalized spacial score (nSPS) is 18.7. The average molecular weight is 323 g/mol. The van der Waals surface area contributed by atoms with Crippen molar-refractivity contribution in [1.82, 2.24) is 4.90 Å². The smallest absolute Gasteiger partial charge is 0.323 e. The molecule has 1 saturated heterocycles. The third kappa shape index (κ3) is 3.33. The lowest BCUT2D eigenvalue weighted by Crippen LogP contribution is -2.45. The topological polar surface area (TPSA) is 66.8 Å². The number of carboxylic acids is 1. The zero-order valence-corrected chi connectivity index (χ0v) is 13.4. The molecule has 1 N–H and O–H groups in total. The molecule has 0 atom stereocenters. The summed E-state index contributed by atoms with van der Waals surface area (Å²) in [5.41, 5.74) is 1.28. The highest BCUT2D eigenvalue weighted by Gasteiger charge is 2.30. The third-order valence-corrected chi connectivity index (χ3v) is 5.63. The van der Waals surface area contributed by atoms with E-state index in [9.17, 15) is 9.59 Å². The highest BCUT2D eigenvalue weighted by Crippen LogP contribution is 2.31. The average Bonchev–Trinajstić information content (AvgIpc) is 2.96. The Morgan fingerprint density at radius 1 is 1.27 bits per heavy atom. The van der Waals surface area contributed by atoms with Gasteiger partial charge in [-0.1, -0.05) is 0 Å². The molecule has 0 saturated carbocycles. The molecule has 1 aliphatic carbocycles. The van der Waals surface area contributed by atoms with E-state index in [1.807, 2.05) is 6.07 Å². The number of thiophene rings is 1. The van der Waals surface area contributed by atoms with Crippen molar-refractivity contribution in [3.8, 4) is 0 Å². The molecule has 3 rings (SSSR count). The maximum atomic E-state index is 12.8. The van der Waals surface area contributed by atoms with Crippen LogP contribution in [-0.4, -0.2) is 47.7 Å². The van der Waals surface area contributed by atoms with E-state index in [2.05, 4.69) is 0 Å². The predicted octanol–water partition coefficient (Wildman–Crippen LogP) is 2.33. The second kappa shape index (κ2) is 6.79. The Kier molecular flexibility index (Phi) is 4.78. The predicted molar refractivity (Wildman–Crippen MR) is 83.5 cm³/mol. The van der Waals surface area contributed by atoms with Crippen molar-refractivity contribution in [3.63, 3.8) is 0 Å². The number of nitrogens with zero attached hydrogens (tertiary/aromatic N) is 1. The number of carboxylic acid groups (broad SMARTS) is 1. The summed E-state index contributed by atoms with van der Waals surface area (Å²) in [6.07, 6.45) is 5.86. The molecule has 0 radical (unpaired) electrons. The van der Waals surface area contributed by atoms with Crippen LogP contribution in [-0.2, 0) is 22.4 Å². The van der Waals surface area contributed by atoms with Gasteiger partial charge in [0.1, 0.15) is 6.54 Å². The van der Waals surface area contributed by atoms with Gasteiger partial charge in [-0.3, -0.25) is 9.59 Å². The summed E-state index contributed by atoms with van der Waals surface area (Å²) in [5, 5.41) is 9.15. The molecule has 1 aliphatic heterocycles. The van der Waals surface area contributed by atoms with E-state index >= 15 is 0 Å². The number of ether oxygens (including phenoxy) is 1. The van der Waals surface area contributed by atoms with Crippen LogP contribution in [0.3, 0.4) is 0 Å². The zero-order chi connectivity index (χ0) is 15.5.